The number of carbonyl (C=O) groups excluding carboxylic acids is 2. The van der Waals surface area contributed by atoms with Crippen LogP contribution in [-0.4, -0.2) is 31.7 Å². The van der Waals surface area contributed by atoms with Crippen LogP contribution in [0.2, 0.25) is 0 Å². The molecule has 1 heterocycles. The van der Waals surface area contributed by atoms with Crippen molar-refractivity contribution in [1.29, 1.82) is 0 Å². The Balaban J connectivity index is 1.81. The van der Waals surface area contributed by atoms with Gasteiger partial charge in [-0.3, -0.25) is 4.79 Å². The molecule has 0 saturated carbocycles. The first kappa shape index (κ1) is 24.1. The van der Waals surface area contributed by atoms with Gasteiger partial charge in [-0.1, -0.05) is 36.4 Å². The minimum Gasteiger partial charge on any atom is -0.493 e. The number of carbonyl (C=O) groups is 2. The zero-order valence-electron chi connectivity index (χ0n) is 19.1. The van der Waals surface area contributed by atoms with E-state index in [1.165, 1.54) is 17.4 Å². The van der Waals surface area contributed by atoms with Crippen LogP contribution in [-0.2, 0) is 9.53 Å². The van der Waals surface area contributed by atoms with Gasteiger partial charge in [-0.15, -0.1) is 11.3 Å². The molecule has 6 nitrogen and oxygen atoms in total. The van der Waals surface area contributed by atoms with E-state index < -0.39 is 5.97 Å². The van der Waals surface area contributed by atoms with Crippen molar-refractivity contribution in [3.63, 3.8) is 0 Å². The summed E-state index contributed by atoms with van der Waals surface area (Å²) in [5, 5.41) is 5.10. The summed E-state index contributed by atoms with van der Waals surface area (Å²) >= 11 is 1.29. The number of esters is 1. The van der Waals surface area contributed by atoms with Crippen molar-refractivity contribution in [2.75, 3.05) is 19.0 Å². The predicted octanol–water partition coefficient (Wildman–Crippen LogP) is 6.04. The molecule has 0 saturated heterocycles. The van der Waals surface area contributed by atoms with E-state index in [2.05, 4.69) is 5.32 Å². The Labute approximate surface area is 197 Å². The molecular weight excluding hydrogens is 438 g/mol. The smallest absolute Gasteiger partial charge is 0.341 e. The average molecular weight is 466 g/mol. The van der Waals surface area contributed by atoms with Gasteiger partial charge < -0.3 is 19.5 Å². The lowest BCUT2D eigenvalue weighted by molar-refractivity contribution is -0.111. The molecule has 1 aromatic heterocycles. The van der Waals surface area contributed by atoms with Crippen molar-refractivity contribution < 1.29 is 23.8 Å². The molecule has 3 rings (SSSR count). The van der Waals surface area contributed by atoms with E-state index in [0.29, 0.717) is 22.1 Å². The van der Waals surface area contributed by atoms with Crippen LogP contribution >= 0.6 is 11.3 Å². The summed E-state index contributed by atoms with van der Waals surface area (Å²) in [6.07, 6.45) is 3.10. The minimum atomic E-state index is -0.470. The fourth-order valence-corrected chi connectivity index (χ4v) is 4.11. The van der Waals surface area contributed by atoms with Gasteiger partial charge in [0.15, 0.2) is 11.5 Å². The molecule has 0 bridgehead atoms. The zero-order chi connectivity index (χ0) is 23.8. The first-order valence-corrected chi connectivity index (χ1v) is 11.5. The molecule has 33 heavy (non-hydrogen) atoms. The number of thiophene rings is 1. The lowest BCUT2D eigenvalue weighted by Crippen LogP contribution is -2.12. The maximum Gasteiger partial charge on any atom is 0.341 e. The Bertz CT molecular complexity index is 1130. The van der Waals surface area contributed by atoms with Crippen LogP contribution in [0.1, 0.15) is 36.7 Å². The van der Waals surface area contributed by atoms with E-state index in [1.807, 2.05) is 55.6 Å². The number of ether oxygens (including phenoxy) is 3. The van der Waals surface area contributed by atoms with Crippen molar-refractivity contribution in [3.05, 3.63) is 71.1 Å². The topological polar surface area (TPSA) is 73.9 Å². The molecule has 0 aliphatic heterocycles. The van der Waals surface area contributed by atoms with E-state index in [-0.39, 0.29) is 18.6 Å². The Morgan fingerprint density at radius 3 is 2.52 bits per heavy atom. The Kier molecular flexibility index (Phi) is 8.27. The number of nitrogens with one attached hydrogen (secondary N) is 1. The van der Waals surface area contributed by atoms with Crippen LogP contribution in [0.5, 0.6) is 11.5 Å². The van der Waals surface area contributed by atoms with Gasteiger partial charge in [-0.25, -0.2) is 4.79 Å². The first-order valence-electron chi connectivity index (χ1n) is 10.6. The number of rotatable bonds is 9. The highest BCUT2D eigenvalue weighted by molar-refractivity contribution is 7.15. The summed E-state index contributed by atoms with van der Waals surface area (Å²) in [6.45, 7) is 5.87. The molecule has 3 aromatic rings. The largest absolute Gasteiger partial charge is 0.493 e. The predicted molar refractivity (Wildman–Crippen MR) is 132 cm³/mol. The molecule has 172 valence electrons. The molecule has 7 heteroatoms. The Morgan fingerprint density at radius 1 is 1.09 bits per heavy atom. The number of hydrogen-bond acceptors (Lipinski definition) is 6. The van der Waals surface area contributed by atoms with E-state index in [1.54, 1.807) is 32.2 Å². The fourth-order valence-electron chi connectivity index (χ4n) is 3.15. The van der Waals surface area contributed by atoms with Gasteiger partial charge in [0.25, 0.3) is 0 Å². The standard InChI is InChI=1S/C26H27NO5S/c1-5-31-26(29)24-20(19-9-7-6-8-10-19)16-33-25(24)27-23(28)14-12-18-11-13-21(32-17(2)3)22(15-18)30-4/h6-17H,5H2,1-4H3,(H,27,28). The highest BCUT2D eigenvalue weighted by Crippen LogP contribution is 2.36. The van der Waals surface area contributed by atoms with Crippen LogP contribution < -0.4 is 14.8 Å². The second kappa shape index (κ2) is 11.3. The molecule has 0 spiro atoms. The van der Waals surface area contributed by atoms with Gasteiger partial charge in [0.1, 0.15) is 10.6 Å². The SMILES string of the molecule is CCOC(=O)c1c(-c2ccccc2)csc1NC(=O)C=Cc1ccc(OC(C)C)c(OC)c1. The first-order chi connectivity index (χ1) is 15.9. The molecule has 1 amide bonds. The summed E-state index contributed by atoms with van der Waals surface area (Å²) in [7, 11) is 1.57. The van der Waals surface area contributed by atoms with Crippen LogP contribution in [0, 0.1) is 0 Å². The van der Waals surface area contributed by atoms with Gasteiger partial charge >= 0.3 is 5.97 Å². The van der Waals surface area contributed by atoms with Gasteiger partial charge in [-0.2, -0.15) is 0 Å². The third-order valence-corrected chi connectivity index (χ3v) is 5.47. The Morgan fingerprint density at radius 2 is 1.85 bits per heavy atom. The van der Waals surface area contributed by atoms with Crippen LogP contribution in [0.3, 0.4) is 0 Å². The Hall–Kier alpha value is -3.58. The van der Waals surface area contributed by atoms with Gasteiger partial charge in [-0.05, 0) is 50.1 Å². The minimum absolute atomic E-state index is 0.0197. The second-order valence-electron chi connectivity index (χ2n) is 7.34. The van der Waals surface area contributed by atoms with Crippen molar-refractivity contribution in [2.24, 2.45) is 0 Å². The number of methoxy groups -OCH3 is 1. The summed E-state index contributed by atoms with van der Waals surface area (Å²) < 4.78 is 16.3. The van der Waals surface area contributed by atoms with Crippen molar-refractivity contribution in [1.82, 2.24) is 0 Å². The van der Waals surface area contributed by atoms with Crippen LogP contribution in [0.4, 0.5) is 5.00 Å². The van der Waals surface area contributed by atoms with Gasteiger partial charge in [0.05, 0.1) is 19.8 Å². The van der Waals surface area contributed by atoms with E-state index >= 15 is 0 Å². The lowest BCUT2D eigenvalue weighted by atomic mass is 10.0. The molecule has 0 aliphatic rings. The van der Waals surface area contributed by atoms with Crippen molar-refractivity contribution in [2.45, 2.75) is 26.9 Å². The molecule has 0 aliphatic carbocycles. The maximum atomic E-state index is 12.6. The van der Waals surface area contributed by atoms with E-state index in [9.17, 15) is 9.59 Å². The summed E-state index contributed by atoms with van der Waals surface area (Å²) in [4.78, 5) is 25.3. The maximum absolute atomic E-state index is 12.6. The third kappa shape index (κ3) is 6.23. The third-order valence-electron chi connectivity index (χ3n) is 4.57. The fraction of sp³-hybridized carbons (Fsp3) is 0.231. The molecule has 2 aromatic carbocycles. The normalized spacial score (nSPS) is 10.9. The summed E-state index contributed by atoms with van der Waals surface area (Å²) in [5.74, 6) is 0.396. The number of hydrogen-bond donors (Lipinski definition) is 1. The lowest BCUT2D eigenvalue weighted by Gasteiger charge is -2.13. The molecule has 0 fully saturated rings. The van der Waals surface area contributed by atoms with Gasteiger partial charge in [0, 0.05) is 17.0 Å². The van der Waals surface area contributed by atoms with Crippen LogP contribution in [0.15, 0.2) is 60.0 Å². The molecule has 0 radical (unpaired) electrons. The number of amides is 1. The molecule has 0 atom stereocenters. The van der Waals surface area contributed by atoms with Crippen molar-refractivity contribution >= 4 is 34.3 Å². The van der Waals surface area contributed by atoms with Crippen LogP contribution in [0.25, 0.3) is 17.2 Å². The summed E-state index contributed by atoms with van der Waals surface area (Å²) in [5.41, 5.74) is 2.74. The van der Waals surface area contributed by atoms with Gasteiger partial charge in [0.2, 0.25) is 5.91 Å². The zero-order valence-corrected chi connectivity index (χ0v) is 19.9. The monoisotopic (exact) mass is 465 g/mol. The average Bonchev–Trinajstić information content (AvgIpc) is 3.22. The molecular formula is C26H27NO5S. The summed E-state index contributed by atoms with van der Waals surface area (Å²) in [6, 6.07) is 15.0. The molecule has 0 unspecified atom stereocenters. The van der Waals surface area contributed by atoms with Crippen molar-refractivity contribution in [3.8, 4) is 22.6 Å². The highest BCUT2D eigenvalue weighted by atomic mass is 32.1. The quantitative estimate of drug-likeness (QED) is 0.308. The van der Waals surface area contributed by atoms with E-state index in [0.717, 1.165) is 16.7 Å². The molecule has 1 N–H and O–H groups in total. The second-order valence-corrected chi connectivity index (χ2v) is 8.22. The highest BCUT2D eigenvalue weighted by Gasteiger charge is 2.22. The number of anilines is 1. The van der Waals surface area contributed by atoms with E-state index in [4.69, 9.17) is 14.2 Å². The number of benzene rings is 2.